The summed E-state index contributed by atoms with van der Waals surface area (Å²) >= 11 is -2.30. The Bertz CT molecular complexity index is 757. The van der Waals surface area contributed by atoms with E-state index in [0.29, 0.717) is 0 Å². The van der Waals surface area contributed by atoms with Gasteiger partial charge in [0.15, 0.2) is 0 Å². The van der Waals surface area contributed by atoms with Gasteiger partial charge in [0.25, 0.3) is 0 Å². The van der Waals surface area contributed by atoms with E-state index in [9.17, 15) is 0 Å². The Morgan fingerprint density at radius 3 is 1.83 bits per heavy atom. The van der Waals surface area contributed by atoms with Gasteiger partial charge in [0.2, 0.25) is 0 Å². The van der Waals surface area contributed by atoms with Gasteiger partial charge >= 0.3 is 131 Å². The summed E-state index contributed by atoms with van der Waals surface area (Å²) < 4.78 is 5.79. The summed E-state index contributed by atoms with van der Waals surface area (Å²) in [5.74, 6) is 0. The summed E-state index contributed by atoms with van der Waals surface area (Å²) in [5, 5.41) is 0. The van der Waals surface area contributed by atoms with E-state index in [1.807, 2.05) is 3.33 Å². The van der Waals surface area contributed by atoms with Gasteiger partial charge in [-0.2, -0.15) is 0 Å². The maximum Gasteiger partial charge on any atom is -0.147 e. The van der Waals surface area contributed by atoms with Gasteiger partial charge in [-0.05, 0) is 0 Å². The quantitative estimate of drug-likeness (QED) is 0.408. The van der Waals surface area contributed by atoms with Crippen LogP contribution in [0.4, 0.5) is 0 Å². The number of rotatable bonds is 2. The fourth-order valence-electron chi connectivity index (χ4n) is 4.50. The summed E-state index contributed by atoms with van der Waals surface area (Å²) in [6.07, 6.45) is 8.38. The van der Waals surface area contributed by atoms with E-state index in [0.717, 1.165) is 3.67 Å². The van der Waals surface area contributed by atoms with Crippen molar-refractivity contribution in [3.05, 3.63) is 81.2 Å². The Kier molecular flexibility index (Phi) is 4.75. The van der Waals surface area contributed by atoms with Crippen LogP contribution in [-0.2, 0) is 20.0 Å². The average Bonchev–Trinajstić information content (AvgIpc) is 3.02. The van der Waals surface area contributed by atoms with Crippen molar-refractivity contribution in [3.63, 3.8) is 0 Å². The molecule has 1 fully saturated rings. The Hall–Kier alpha value is -0.630. The van der Waals surface area contributed by atoms with Gasteiger partial charge < -0.3 is 0 Å². The van der Waals surface area contributed by atoms with Crippen molar-refractivity contribution in [2.45, 2.75) is 18.5 Å². The molecule has 0 nitrogen and oxygen atoms in total. The number of fused-ring (bicyclic) bond motifs is 3. The summed E-state index contributed by atoms with van der Waals surface area (Å²) in [5.41, 5.74) is 6.31. The molecule has 1 saturated heterocycles. The molecule has 2 aromatic carbocycles. The molecule has 5 rings (SSSR count). The van der Waals surface area contributed by atoms with Crippen LogP contribution < -0.4 is 0 Å². The van der Waals surface area contributed by atoms with Crippen LogP contribution in [0.3, 0.4) is 0 Å². The van der Waals surface area contributed by atoms with E-state index in [1.54, 1.807) is 19.5 Å². The van der Waals surface area contributed by atoms with Gasteiger partial charge in [-0.3, -0.25) is 0 Å². The maximum atomic E-state index is 2.47. The van der Waals surface area contributed by atoms with Gasteiger partial charge in [-0.1, -0.05) is 0 Å². The average molecular weight is 510 g/mol. The van der Waals surface area contributed by atoms with Crippen LogP contribution in [0.15, 0.2) is 70.1 Å². The van der Waals surface area contributed by atoms with Gasteiger partial charge in [-0.25, -0.2) is 0 Å². The predicted molar refractivity (Wildman–Crippen MR) is 99.7 cm³/mol. The summed E-state index contributed by atoms with van der Waals surface area (Å²) in [6.45, 7) is 0. The first kappa shape index (κ1) is 17.2. The first-order valence-electron chi connectivity index (χ1n) is 7.94. The molecule has 0 amide bonds. The molecule has 0 N–H and O–H groups in total. The molecular weight excluding hydrogens is 490 g/mol. The van der Waals surface area contributed by atoms with Gasteiger partial charge in [0.1, 0.15) is 0 Å². The zero-order valence-corrected chi connectivity index (χ0v) is 18.1. The SMILES string of the molecule is C1=CC[C]([Hf]2([CH]3c4ccccc4-c4ccccc43)[CH2][CH2]2)=C1.Cl.Cl. The zero-order chi connectivity index (χ0) is 13.9. The molecule has 3 aliphatic rings. The van der Waals surface area contributed by atoms with Crippen molar-refractivity contribution in [1.82, 2.24) is 0 Å². The van der Waals surface area contributed by atoms with Crippen molar-refractivity contribution >= 4 is 24.8 Å². The second-order valence-electron chi connectivity index (χ2n) is 6.59. The van der Waals surface area contributed by atoms with Crippen LogP contribution in [-0.4, -0.2) is 0 Å². The number of allylic oxidation sites excluding steroid dienone is 4. The standard InChI is InChI=1S/C13H9.C5H5.C2H4.2ClH.Hf/c1-3-7-12-10(5-1)9-11-6-2-4-8-13(11)12;1-2-4-5-3-1;1-2;;;/h1-9H;1-3H,4H2;1-2H2;2*1H;. The Labute approximate surface area is 154 Å². The normalized spacial score (nSPS) is 19.2. The summed E-state index contributed by atoms with van der Waals surface area (Å²) in [6, 6.07) is 18.4. The van der Waals surface area contributed by atoms with Crippen LogP contribution >= 0.6 is 24.8 Å². The van der Waals surface area contributed by atoms with E-state index < -0.39 is 20.0 Å². The van der Waals surface area contributed by atoms with Crippen LogP contribution in [0.1, 0.15) is 21.2 Å². The molecule has 0 unspecified atom stereocenters. The largest absolute Gasteiger partial charge is 0.147 e. The van der Waals surface area contributed by atoms with E-state index in [2.05, 4.69) is 66.8 Å². The molecule has 0 atom stereocenters. The third-order valence-electron chi connectivity index (χ3n) is 5.59. The van der Waals surface area contributed by atoms with Gasteiger partial charge in [0, 0.05) is 0 Å². The molecule has 0 radical (unpaired) electrons. The molecule has 2 aromatic rings. The monoisotopic (exact) mass is 510 g/mol. The van der Waals surface area contributed by atoms with Gasteiger partial charge in [-0.15, -0.1) is 24.8 Å². The van der Waals surface area contributed by atoms with Crippen LogP contribution in [0.5, 0.6) is 0 Å². The van der Waals surface area contributed by atoms with Crippen molar-refractivity contribution in [3.8, 4) is 11.1 Å². The maximum absolute atomic E-state index is 2.47. The number of benzene rings is 2. The smallest absolute Gasteiger partial charge is 0.147 e. The van der Waals surface area contributed by atoms with Crippen molar-refractivity contribution in [1.29, 1.82) is 0 Å². The molecule has 0 spiro atoms. The number of hydrogen-bond acceptors (Lipinski definition) is 0. The van der Waals surface area contributed by atoms with Crippen LogP contribution in [0.25, 0.3) is 11.1 Å². The molecule has 1 heterocycles. The molecule has 2 aliphatic carbocycles. The number of hydrogen-bond donors (Lipinski definition) is 0. The van der Waals surface area contributed by atoms with E-state index in [1.165, 1.54) is 17.5 Å². The minimum atomic E-state index is -2.30. The third kappa shape index (κ3) is 2.44. The second-order valence-corrected chi connectivity index (χ2v) is 22.9. The van der Waals surface area contributed by atoms with E-state index >= 15 is 0 Å². The van der Waals surface area contributed by atoms with Crippen molar-refractivity contribution in [2.24, 2.45) is 0 Å². The van der Waals surface area contributed by atoms with Crippen LogP contribution in [0, 0.1) is 0 Å². The molecule has 3 heteroatoms. The predicted octanol–water partition coefficient (Wildman–Crippen LogP) is 6.45. The first-order chi connectivity index (χ1) is 10.4. The molecule has 0 saturated carbocycles. The fraction of sp³-hybridized carbons (Fsp3) is 0.200. The minimum absolute atomic E-state index is 0. The molecule has 118 valence electrons. The molecular formula is C20H20Cl2Hf. The van der Waals surface area contributed by atoms with Crippen molar-refractivity contribution in [2.75, 3.05) is 0 Å². The summed E-state index contributed by atoms with van der Waals surface area (Å²) in [4.78, 5) is 0. The van der Waals surface area contributed by atoms with E-state index in [4.69, 9.17) is 0 Å². The Morgan fingerprint density at radius 2 is 1.35 bits per heavy atom. The molecule has 0 bridgehead atoms. The second kappa shape index (κ2) is 6.35. The third-order valence-corrected chi connectivity index (χ3v) is 23.4. The molecule has 23 heavy (non-hydrogen) atoms. The fourth-order valence-corrected chi connectivity index (χ4v) is 28.6. The Balaban J connectivity index is 0.000000781. The molecule has 1 aliphatic heterocycles. The summed E-state index contributed by atoms with van der Waals surface area (Å²) in [7, 11) is 0. The van der Waals surface area contributed by atoms with Crippen molar-refractivity contribution < 1.29 is 20.0 Å². The number of halogens is 2. The topological polar surface area (TPSA) is 0 Å². The minimum Gasteiger partial charge on any atom is -0.147 e. The first-order valence-corrected chi connectivity index (χ1v) is 16.9. The van der Waals surface area contributed by atoms with E-state index in [-0.39, 0.29) is 24.8 Å². The Morgan fingerprint density at radius 1 is 0.783 bits per heavy atom. The van der Waals surface area contributed by atoms with Gasteiger partial charge in [0.05, 0.1) is 0 Å². The van der Waals surface area contributed by atoms with Crippen LogP contribution in [0.2, 0.25) is 8.35 Å². The molecule has 0 aromatic heterocycles. The zero-order valence-electron chi connectivity index (χ0n) is 12.9.